The highest BCUT2D eigenvalue weighted by molar-refractivity contribution is 6.33. The first-order valence-electron chi connectivity index (χ1n) is 6.19. The Hall–Kier alpha value is -2.59. The van der Waals surface area contributed by atoms with Crippen molar-refractivity contribution in [2.75, 3.05) is 24.3 Å². The van der Waals surface area contributed by atoms with Crippen LogP contribution in [0.15, 0.2) is 18.2 Å². The fraction of sp³-hybridized carbons (Fsp3) is 0.231. The van der Waals surface area contributed by atoms with Crippen LogP contribution in [-0.2, 0) is 0 Å². The maximum absolute atomic E-state index is 8.82. The van der Waals surface area contributed by atoms with Crippen molar-refractivity contribution in [2.45, 2.75) is 6.92 Å². The van der Waals surface area contributed by atoms with Crippen LogP contribution in [0.4, 0.5) is 17.6 Å². The van der Waals surface area contributed by atoms with Crippen LogP contribution in [0.25, 0.3) is 0 Å². The average molecular weight is 305 g/mol. The molecule has 7 nitrogen and oxygen atoms in total. The van der Waals surface area contributed by atoms with E-state index in [0.717, 1.165) is 0 Å². The molecule has 2 rings (SSSR count). The number of nitrogens with zero attached hydrogens (tertiary/aromatic N) is 4. The summed E-state index contributed by atoms with van der Waals surface area (Å²) in [6.07, 6.45) is 0. The number of hydrogen-bond acceptors (Lipinski definition) is 7. The minimum atomic E-state index is 0.212. The van der Waals surface area contributed by atoms with Gasteiger partial charge in [0.15, 0.2) is 0 Å². The number of ether oxygens (including phenoxy) is 1. The van der Waals surface area contributed by atoms with Crippen LogP contribution in [0.5, 0.6) is 6.01 Å². The maximum Gasteiger partial charge on any atom is 0.323 e. The third kappa shape index (κ3) is 3.70. The summed E-state index contributed by atoms with van der Waals surface area (Å²) in [5.74, 6) is 0.671. The molecule has 0 atom stereocenters. The molecule has 0 aliphatic rings. The van der Waals surface area contributed by atoms with Gasteiger partial charge < -0.3 is 15.4 Å². The molecule has 0 aliphatic carbocycles. The van der Waals surface area contributed by atoms with E-state index in [1.54, 1.807) is 25.2 Å². The number of halogens is 1. The second-order valence-electron chi connectivity index (χ2n) is 3.88. The number of hydrogen-bond donors (Lipinski definition) is 2. The molecule has 0 amide bonds. The molecule has 1 heterocycles. The Balaban J connectivity index is 2.30. The van der Waals surface area contributed by atoms with E-state index in [-0.39, 0.29) is 6.01 Å². The number of rotatable bonds is 5. The Morgan fingerprint density at radius 1 is 1.29 bits per heavy atom. The Bertz CT molecular complexity index is 685. The molecule has 0 bridgehead atoms. The van der Waals surface area contributed by atoms with E-state index < -0.39 is 0 Å². The van der Waals surface area contributed by atoms with Crippen molar-refractivity contribution in [3.63, 3.8) is 0 Å². The molecule has 0 saturated carbocycles. The lowest BCUT2D eigenvalue weighted by Crippen LogP contribution is -2.07. The van der Waals surface area contributed by atoms with Crippen molar-refractivity contribution in [1.29, 1.82) is 5.26 Å². The average Bonchev–Trinajstić information content (AvgIpc) is 2.49. The van der Waals surface area contributed by atoms with Crippen LogP contribution in [-0.4, -0.2) is 28.6 Å². The van der Waals surface area contributed by atoms with Gasteiger partial charge in [0, 0.05) is 7.05 Å². The first-order valence-corrected chi connectivity index (χ1v) is 6.57. The zero-order valence-corrected chi connectivity index (χ0v) is 12.3. The minimum absolute atomic E-state index is 0.212. The molecule has 0 unspecified atom stereocenters. The van der Waals surface area contributed by atoms with Crippen LogP contribution < -0.4 is 15.4 Å². The molecule has 0 aliphatic heterocycles. The normalized spacial score (nSPS) is 9.81. The molecule has 21 heavy (non-hydrogen) atoms. The Labute approximate surface area is 127 Å². The standard InChI is InChI=1S/C13H13ClN6O/c1-3-21-13-19-11(16-2)18-12(20-13)17-10-5-4-8(7-15)6-9(10)14/h4-6H,3H2,1-2H3,(H2,16,17,18,19,20). The quantitative estimate of drug-likeness (QED) is 0.876. The van der Waals surface area contributed by atoms with Crippen molar-refractivity contribution in [2.24, 2.45) is 0 Å². The van der Waals surface area contributed by atoms with E-state index in [1.165, 1.54) is 0 Å². The molecule has 0 spiro atoms. The third-order valence-electron chi connectivity index (χ3n) is 2.46. The maximum atomic E-state index is 8.82. The second kappa shape index (κ2) is 6.72. The molecule has 1 aromatic heterocycles. The predicted molar refractivity (Wildman–Crippen MR) is 80.0 cm³/mol. The summed E-state index contributed by atoms with van der Waals surface area (Å²) in [6.45, 7) is 2.29. The van der Waals surface area contributed by atoms with Crippen LogP contribution in [0.3, 0.4) is 0 Å². The topological polar surface area (TPSA) is 95.8 Å². The lowest BCUT2D eigenvalue weighted by Gasteiger charge is -2.09. The van der Waals surface area contributed by atoms with Crippen LogP contribution in [0.1, 0.15) is 12.5 Å². The molecular weight excluding hydrogens is 292 g/mol. The van der Waals surface area contributed by atoms with Gasteiger partial charge in [0.2, 0.25) is 11.9 Å². The van der Waals surface area contributed by atoms with E-state index in [9.17, 15) is 0 Å². The smallest absolute Gasteiger partial charge is 0.323 e. The van der Waals surface area contributed by atoms with Gasteiger partial charge in [-0.2, -0.15) is 20.2 Å². The van der Waals surface area contributed by atoms with Crippen LogP contribution >= 0.6 is 11.6 Å². The van der Waals surface area contributed by atoms with Crippen LogP contribution in [0, 0.1) is 11.3 Å². The van der Waals surface area contributed by atoms with Crippen molar-refractivity contribution in [1.82, 2.24) is 15.0 Å². The largest absolute Gasteiger partial charge is 0.464 e. The summed E-state index contributed by atoms with van der Waals surface area (Å²) < 4.78 is 5.28. The predicted octanol–water partition coefficient (Wildman–Crippen LogP) is 2.58. The monoisotopic (exact) mass is 304 g/mol. The first kappa shape index (κ1) is 14.8. The summed E-state index contributed by atoms with van der Waals surface area (Å²) in [7, 11) is 1.70. The molecular formula is C13H13ClN6O. The van der Waals surface area contributed by atoms with Gasteiger partial charge in [-0.1, -0.05) is 11.6 Å². The highest BCUT2D eigenvalue weighted by atomic mass is 35.5. The number of nitrogens with one attached hydrogen (secondary N) is 2. The van der Waals surface area contributed by atoms with Crippen molar-refractivity contribution in [3.05, 3.63) is 28.8 Å². The van der Waals surface area contributed by atoms with Gasteiger partial charge in [-0.15, -0.1) is 0 Å². The summed E-state index contributed by atoms with van der Waals surface area (Å²) in [5, 5.41) is 15.0. The Kier molecular flexibility index (Phi) is 4.74. The second-order valence-corrected chi connectivity index (χ2v) is 4.29. The molecule has 0 saturated heterocycles. The molecule has 2 aromatic rings. The molecule has 8 heteroatoms. The summed E-state index contributed by atoms with van der Waals surface area (Å²) in [4.78, 5) is 12.4. The van der Waals surface area contributed by atoms with E-state index in [0.29, 0.717) is 34.8 Å². The third-order valence-corrected chi connectivity index (χ3v) is 2.77. The molecule has 1 aromatic carbocycles. The van der Waals surface area contributed by atoms with Crippen molar-refractivity contribution >= 4 is 29.2 Å². The highest BCUT2D eigenvalue weighted by Gasteiger charge is 2.09. The van der Waals surface area contributed by atoms with Gasteiger partial charge in [-0.25, -0.2) is 0 Å². The Morgan fingerprint density at radius 2 is 2.05 bits per heavy atom. The van der Waals surface area contributed by atoms with Crippen LogP contribution in [0.2, 0.25) is 5.02 Å². The van der Waals surface area contributed by atoms with Gasteiger partial charge >= 0.3 is 6.01 Å². The number of aromatic nitrogens is 3. The van der Waals surface area contributed by atoms with E-state index in [1.807, 2.05) is 13.0 Å². The SMILES string of the molecule is CCOc1nc(NC)nc(Nc2ccc(C#N)cc2Cl)n1. The van der Waals surface area contributed by atoms with Gasteiger partial charge in [0.25, 0.3) is 0 Å². The lowest BCUT2D eigenvalue weighted by molar-refractivity contribution is 0.312. The van der Waals surface area contributed by atoms with Gasteiger partial charge in [-0.05, 0) is 25.1 Å². The van der Waals surface area contributed by atoms with Crippen molar-refractivity contribution < 1.29 is 4.74 Å². The fourth-order valence-corrected chi connectivity index (χ4v) is 1.75. The summed E-state index contributed by atoms with van der Waals surface area (Å²) >= 11 is 6.10. The summed E-state index contributed by atoms with van der Waals surface area (Å²) in [5.41, 5.74) is 1.07. The molecule has 0 fully saturated rings. The fourth-order valence-electron chi connectivity index (χ4n) is 1.52. The van der Waals surface area contributed by atoms with Crippen molar-refractivity contribution in [3.8, 4) is 12.1 Å². The lowest BCUT2D eigenvalue weighted by atomic mass is 10.2. The minimum Gasteiger partial charge on any atom is -0.464 e. The van der Waals surface area contributed by atoms with E-state index >= 15 is 0 Å². The highest BCUT2D eigenvalue weighted by Crippen LogP contribution is 2.25. The number of nitriles is 1. The Morgan fingerprint density at radius 3 is 2.67 bits per heavy atom. The van der Waals surface area contributed by atoms with E-state index in [4.69, 9.17) is 21.6 Å². The summed E-state index contributed by atoms with van der Waals surface area (Å²) in [6, 6.07) is 7.13. The number of benzene rings is 1. The molecule has 108 valence electrons. The zero-order valence-electron chi connectivity index (χ0n) is 11.5. The molecule has 2 N–H and O–H groups in total. The first-order chi connectivity index (χ1) is 10.2. The van der Waals surface area contributed by atoms with Gasteiger partial charge in [0.05, 0.1) is 28.9 Å². The zero-order chi connectivity index (χ0) is 15.2. The molecule has 0 radical (unpaired) electrons. The van der Waals surface area contributed by atoms with E-state index in [2.05, 4.69) is 25.6 Å². The number of anilines is 3. The van der Waals surface area contributed by atoms with Gasteiger partial charge in [-0.3, -0.25) is 0 Å². The van der Waals surface area contributed by atoms with Gasteiger partial charge in [0.1, 0.15) is 0 Å².